The van der Waals surface area contributed by atoms with Crippen LogP contribution >= 0.6 is 11.8 Å². The lowest BCUT2D eigenvalue weighted by Crippen LogP contribution is -2.03. The van der Waals surface area contributed by atoms with Crippen molar-refractivity contribution in [2.75, 3.05) is 0 Å². The third kappa shape index (κ3) is 2.67. The fraction of sp³-hybridized carbons (Fsp3) is 0.312. The van der Waals surface area contributed by atoms with Crippen LogP contribution < -0.4 is 5.73 Å². The molecule has 0 saturated carbocycles. The molecule has 1 heterocycles. The molecule has 1 aromatic carbocycles. The minimum atomic E-state index is 0.564. The maximum Gasteiger partial charge on any atom is 0.106 e. The molecular formula is C16H18N2S. The molecule has 0 saturated heterocycles. The molecule has 98 valence electrons. The Kier molecular flexibility index (Phi) is 3.58. The second-order valence-corrected chi connectivity index (χ2v) is 6.10. The van der Waals surface area contributed by atoms with E-state index in [2.05, 4.69) is 37.3 Å². The summed E-state index contributed by atoms with van der Waals surface area (Å²) in [4.78, 5) is 6.07. The van der Waals surface area contributed by atoms with Crippen LogP contribution in [-0.2, 0) is 19.4 Å². The molecule has 2 aromatic rings. The van der Waals surface area contributed by atoms with Crippen molar-refractivity contribution in [2.45, 2.75) is 42.7 Å². The second-order valence-electron chi connectivity index (χ2n) is 5.03. The highest BCUT2D eigenvalue weighted by molar-refractivity contribution is 7.99. The molecule has 2 N–H and O–H groups in total. The van der Waals surface area contributed by atoms with Crippen molar-refractivity contribution >= 4 is 11.8 Å². The number of benzene rings is 1. The van der Waals surface area contributed by atoms with Crippen LogP contribution in [0.25, 0.3) is 0 Å². The quantitative estimate of drug-likeness (QED) is 0.928. The number of aryl methyl sites for hydroxylation is 3. The first-order valence-electron chi connectivity index (χ1n) is 6.72. The summed E-state index contributed by atoms with van der Waals surface area (Å²) < 4.78 is 0. The van der Waals surface area contributed by atoms with Gasteiger partial charge in [-0.3, -0.25) is 0 Å². The molecule has 2 nitrogen and oxygen atoms in total. The van der Waals surface area contributed by atoms with Crippen molar-refractivity contribution in [2.24, 2.45) is 5.73 Å². The fourth-order valence-electron chi connectivity index (χ4n) is 2.53. The average Bonchev–Trinajstić information content (AvgIpc) is 2.85. The Bertz CT molecular complexity index is 608. The van der Waals surface area contributed by atoms with Crippen molar-refractivity contribution in [3.63, 3.8) is 0 Å². The summed E-state index contributed by atoms with van der Waals surface area (Å²) in [6, 6.07) is 10.8. The average molecular weight is 270 g/mol. The number of pyridine rings is 1. The van der Waals surface area contributed by atoms with Crippen molar-refractivity contribution in [1.29, 1.82) is 0 Å². The van der Waals surface area contributed by atoms with E-state index >= 15 is 0 Å². The smallest absolute Gasteiger partial charge is 0.106 e. The van der Waals surface area contributed by atoms with Gasteiger partial charge >= 0.3 is 0 Å². The minimum Gasteiger partial charge on any atom is -0.326 e. The van der Waals surface area contributed by atoms with E-state index in [1.54, 1.807) is 11.8 Å². The number of hydrogen-bond acceptors (Lipinski definition) is 3. The van der Waals surface area contributed by atoms with Gasteiger partial charge < -0.3 is 5.73 Å². The lowest BCUT2D eigenvalue weighted by atomic mass is 10.1. The minimum absolute atomic E-state index is 0.564. The molecule has 1 aliphatic carbocycles. The molecule has 1 aliphatic rings. The van der Waals surface area contributed by atoms with E-state index in [1.165, 1.54) is 33.7 Å². The van der Waals surface area contributed by atoms with Gasteiger partial charge in [0.15, 0.2) is 0 Å². The SMILES string of the molecule is Cc1cccc(Sc2nc3c(cc2CN)CCC3)c1. The molecule has 0 unspecified atom stereocenters. The molecule has 0 atom stereocenters. The topological polar surface area (TPSA) is 38.9 Å². The van der Waals surface area contributed by atoms with Gasteiger partial charge in [0, 0.05) is 17.1 Å². The number of aromatic nitrogens is 1. The van der Waals surface area contributed by atoms with Crippen LogP contribution in [0.5, 0.6) is 0 Å². The summed E-state index contributed by atoms with van der Waals surface area (Å²) in [6.07, 6.45) is 3.50. The highest BCUT2D eigenvalue weighted by atomic mass is 32.2. The van der Waals surface area contributed by atoms with Gasteiger partial charge in [0.05, 0.1) is 0 Å². The van der Waals surface area contributed by atoms with Gasteiger partial charge in [0.2, 0.25) is 0 Å². The molecule has 1 aromatic heterocycles. The van der Waals surface area contributed by atoms with Crippen LogP contribution in [0.4, 0.5) is 0 Å². The summed E-state index contributed by atoms with van der Waals surface area (Å²) in [7, 11) is 0. The molecule has 0 spiro atoms. The fourth-order valence-corrected chi connectivity index (χ4v) is 3.57. The molecule has 0 aliphatic heterocycles. The molecule has 3 heteroatoms. The third-order valence-electron chi connectivity index (χ3n) is 3.51. The van der Waals surface area contributed by atoms with Gasteiger partial charge in [-0.2, -0.15) is 0 Å². The first-order chi connectivity index (χ1) is 9.26. The number of hydrogen-bond donors (Lipinski definition) is 1. The zero-order valence-corrected chi connectivity index (χ0v) is 12.0. The Hall–Kier alpha value is -1.32. The van der Waals surface area contributed by atoms with Crippen LogP contribution in [-0.4, -0.2) is 4.98 Å². The molecule has 0 fully saturated rings. The number of nitrogens with two attached hydrogens (primary N) is 1. The van der Waals surface area contributed by atoms with Crippen LogP contribution in [0.15, 0.2) is 40.3 Å². The van der Waals surface area contributed by atoms with Crippen LogP contribution in [0.1, 0.15) is 28.8 Å². The van der Waals surface area contributed by atoms with E-state index in [-0.39, 0.29) is 0 Å². The maximum absolute atomic E-state index is 5.87. The molecule has 0 bridgehead atoms. The predicted octanol–water partition coefficient (Wildman–Crippen LogP) is 3.49. The molecule has 0 amide bonds. The lowest BCUT2D eigenvalue weighted by molar-refractivity contribution is 0.884. The van der Waals surface area contributed by atoms with E-state index in [0.717, 1.165) is 17.9 Å². The summed E-state index contributed by atoms with van der Waals surface area (Å²) in [6.45, 7) is 2.68. The first-order valence-corrected chi connectivity index (χ1v) is 7.54. The maximum atomic E-state index is 5.87. The van der Waals surface area contributed by atoms with Crippen LogP contribution in [0, 0.1) is 6.92 Å². The van der Waals surface area contributed by atoms with Gasteiger partial charge in [0.25, 0.3) is 0 Å². The highest BCUT2D eigenvalue weighted by Gasteiger charge is 2.16. The third-order valence-corrected chi connectivity index (χ3v) is 4.55. The molecular weight excluding hydrogens is 252 g/mol. The Morgan fingerprint density at radius 3 is 2.95 bits per heavy atom. The summed E-state index contributed by atoms with van der Waals surface area (Å²) >= 11 is 1.73. The number of fused-ring (bicyclic) bond motifs is 1. The monoisotopic (exact) mass is 270 g/mol. The largest absolute Gasteiger partial charge is 0.326 e. The Labute approximate surface area is 118 Å². The molecule has 19 heavy (non-hydrogen) atoms. The van der Waals surface area contributed by atoms with Crippen LogP contribution in [0.2, 0.25) is 0 Å². The number of rotatable bonds is 3. The van der Waals surface area contributed by atoms with E-state index < -0.39 is 0 Å². The zero-order chi connectivity index (χ0) is 13.2. The molecule has 0 radical (unpaired) electrons. The Balaban J connectivity index is 1.96. The molecule has 3 rings (SSSR count). The van der Waals surface area contributed by atoms with E-state index in [4.69, 9.17) is 10.7 Å². The zero-order valence-electron chi connectivity index (χ0n) is 11.1. The van der Waals surface area contributed by atoms with Crippen molar-refractivity contribution < 1.29 is 0 Å². The Morgan fingerprint density at radius 1 is 1.26 bits per heavy atom. The summed E-state index contributed by atoms with van der Waals surface area (Å²) in [5.41, 5.74) is 11.0. The standard InChI is InChI=1S/C16H18N2S/c1-11-4-2-6-14(8-11)19-16-13(10-17)9-12-5-3-7-15(12)18-16/h2,4,6,8-9H,3,5,7,10,17H2,1H3. The van der Waals surface area contributed by atoms with Gasteiger partial charge in [0.1, 0.15) is 5.03 Å². The van der Waals surface area contributed by atoms with Crippen molar-refractivity contribution in [3.05, 3.63) is 52.7 Å². The van der Waals surface area contributed by atoms with E-state index in [9.17, 15) is 0 Å². The highest BCUT2D eigenvalue weighted by Crippen LogP contribution is 2.32. The van der Waals surface area contributed by atoms with Gasteiger partial charge in [-0.05, 0) is 49.4 Å². The first kappa shape index (κ1) is 12.7. The normalized spacial score (nSPS) is 13.6. The van der Waals surface area contributed by atoms with Gasteiger partial charge in [-0.15, -0.1) is 0 Å². The second kappa shape index (κ2) is 5.35. The predicted molar refractivity (Wildman–Crippen MR) is 79.5 cm³/mol. The van der Waals surface area contributed by atoms with Crippen molar-refractivity contribution in [1.82, 2.24) is 4.98 Å². The van der Waals surface area contributed by atoms with Crippen molar-refractivity contribution in [3.8, 4) is 0 Å². The van der Waals surface area contributed by atoms with Gasteiger partial charge in [-0.25, -0.2) is 4.98 Å². The Morgan fingerprint density at radius 2 is 2.16 bits per heavy atom. The number of nitrogens with zero attached hydrogens (tertiary/aromatic N) is 1. The van der Waals surface area contributed by atoms with E-state index in [1.807, 2.05) is 0 Å². The lowest BCUT2D eigenvalue weighted by Gasteiger charge is -2.10. The summed E-state index contributed by atoms with van der Waals surface area (Å²) in [5.74, 6) is 0. The van der Waals surface area contributed by atoms with E-state index in [0.29, 0.717) is 6.54 Å². The van der Waals surface area contributed by atoms with Gasteiger partial charge in [-0.1, -0.05) is 35.5 Å². The summed E-state index contributed by atoms with van der Waals surface area (Å²) in [5, 5.41) is 1.08. The van der Waals surface area contributed by atoms with Crippen LogP contribution in [0.3, 0.4) is 0 Å².